The first kappa shape index (κ1) is 14.1. The van der Waals surface area contributed by atoms with E-state index < -0.39 is 0 Å². The molecule has 21 heavy (non-hydrogen) atoms. The highest BCUT2D eigenvalue weighted by Gasteiger charge is 2.54. The predicted octanol–water partition coefficient (Wildman–Crippen LogP) is 4.63. The van der Waals surface area contributed by atoms with Crippen molar-refractivity contribution in [3.63, 3.8) is 0 Å². The molecular formula is C19H26OS. The third-order valence-corrected chi connectivity index (χ3v) is 7.61. The minimum absolute atomic E-state index is 0.0521. The van der Waals surface area contributed by atoms with Gasteiger partial charge in [0.25, 0.3) is 0 Å². The smallest absolute Gasteiger partial charge is 0.0596 e. The van der Waals surface area contributed by atoms with Crippen molar-refractivity contribution in [3.05, 3.63) is 29.3 Å². The van der Waals surface area contributed by atoms with Gasteiger partial charge in [-0.3, -0.25) is 0 Å². The van der Waals surface area contributed by atoms with Gasteiger partial charge in [0.15, 0.2) is 0 Å². The maximum Gasteiger partial charge on any atom is 0.0596 e. The summed E-state index contributed by atoms with van der Waals surface area (Å²) in [7, 11) is 0. The average molecular weight is 302 g/mol. The third-order valence-electron chi connectivity index (χ3n) is 6.88. The van der Waals surface area contributed by atoms with Gasteiger partial charge in [0.2, 0.25) is 0 Å². The van der Waals surface area contributed by atoms with Crippen LogP contribution in [0.25, 0.3) is 0 Å². The molecule has 5 atom stereocenters. The highest BCUT2D eigenvalue weighted by atomic mass is 32.2. The zero-order chi connectivity index (χ0) is 14.6. The molecule has 1 N–H and O–H groups in total. The maximum atomic E-state index is 10.4. The molecule has 2 fully saturated rings. The maximum absolute atomic E-state index is 10.4. The van der Waals surface area contributed by atoms with E-state index in [0.29, 0.717) is 0 Å². The SMILES string of the molecule is CSc1ccc2c(c1)CC[C@@H]1[C@@H]2CC[C@]2(C)[C@@H](O)CC[C@@H]12. The Morgan fingerprint density at radius 3 is 2.86 bits per heavy atom. The Morgan fingerprint density at radius 2 is 2.05 bits per heavy atom. The molecule has 0 spiro atoms. The van der Waals surface area contributed by atoms with Gasteiger partial charge in [-0.1, -0.05) is 13.0 Å². The van der Waals surface area contributed by atoms with Gasteiger partial charge in [-0.2, -0.15) is 0 Å². The second kappa shape index (κ2) is 5.03. The molecular weight excluding hydrogens is 276 g/mol. The second-order valence-electron chi connectivity index (χ2n) is 7.62. The monoisotopic (exact) mass is 302 g/mol. The number of benzene rings is 1. The number of rotatable bonds is 1. The fourth-order valence-electron chi connectivity index (χ4n) is 5.66. The van der Waals surface area contributed by atoms with Crippen LogP contribution < -0.4 is 0 Å². The largest absolute Gasteiger partial charge is 0.393 e. The Bertz CT molecular complexity index is 554. The second-order valence-corrected chi connectivity index (χ2v) is 8.50. The van der Waals surface area contributed by atoms with Crippen molar-refractivity contribution in [2.24, 2.45) is 17.3 Å². The Labute approximate surface area is 132 Å². The van der Waals surface area contributed by atoms with Crippen LogP contribution in [-0.4, -0.2) is 17.5 Å². The minimum Gasteiger partial charge on any atom is -0.393 e. The highest BCUT2D eigenvalue weighted by molar-refractivity contribution is 7.98. The van der Waals surface area contributed by atoms with E-state index in [0.717, 1.165) is 24.2 Å². The molecule has 0 saturated heterocycles. The number of hydrogen-bond acceptors (Lipinski definition) is 2. The van der Waals surface area contributed by atoms with Crippen LogP contribution in [-0.2, 0) is 6.42 Å². The molecule has 2 heteroatoms. The van der Waals surface area contributed by atoms with E-state index in [9.17, 15) is 5.11 Å². The zero-order valence-corrected chi connectivity index (χ0v) is 14.0. The lowest BCUT2D eigenvalue weighted by molar-refractivity contribution is -0.0226. The van der Waals surface area contributed by atoms with Gasteiger partial charge in [0.05, 0.1) is 6.10 Å². The van der Waals surface area contributed by atoms with Crippen LogP contribution in [0.15, 0.2) is 23.1 Å². The molecule has 2 saturated carbocycles. The molecule has 0 bridgehead atoms. The molecule has 4 rings (SSSR count). The summed E-state index contributed by atoms with van der Waals surface area (Å²) in [5, 5.41) is 10.4. The first-order valence-corrected chi connectivity index (χ1v) is 9.71. The fraction of sp³-hybridized carbons (Fsp3) is 0.684. The van der Waals surface area contributed by atoms with Crippen molar-refractivity contribution in [2.45, 2.75) is 62.4 Å². The van der Waals surface area contributed by atoms with Crippen LogP contribution in [0.4, 0.5) is 0 Å². The fourth-order valence-corrected chi connectivity index (χ4v) is 6.12. The van der Waals surface area contributed by atoms with E-state index in [2.05, 4.69) is 31.4 Å². The van der Waals surface area contributed by atoms with E-state index in [4.69, 9.17) is 0 Å². The summed E-state index contributed by atoms with van der Waals surface area (Å²) in [6.07, 6.45) is 9.46. The molecule has 0 heterocycles. The molecule has 0 aromatic heterocycles. The van der Waals surface area contributed by atoms with Gasteiger partial charge in [-0.25, -0.2) is 0 Å². The van der Waals surface area contributed by atoms with Gasteiger partial charge < -0.3 is 5.11 Å². The van der Waals surface area contributed by atoms with Gasteiger partial charge in [-0.05, 0) is 91.2 Å². The lowest BCUT2D eigenvalue weighted by Crippen LogP contribution is -2.43. The quantitative estimate of drug-likeness (QED) is 0.764. The minimum atomic E-state index is -0.0521. The summed E-state index contributed by atoms with van der Waals surface area (Å²) in [4.78, 5) is 1.41. The molecule has 1 aromatic carbocycles. The summed E-state index contributed by atoms with van der Waals surface area (Å²) in [5.74, 6) is 2.32. The lowest BCUT2D eigenvalue weighted by atomic mass is 9.55. The highest BCUT2D eigenvalue weighted by Crippen LogP contribution is 2.60. The van der Waals surface area contributed by atoms with Gasteiger partial charge in [0, 0.05) is 4.90 Å². The number of aryl methyl sites for hydroxylation is 1. The number of thioether (sulfide) groups is 1. The predicted molar refractivity (Wildman–Crippen MR) is 88.8 cm³/mol. The van der Waals surface area contributed by atoms with Crippen molar-refractivity contribution in [2.75, 3.05) is 6.26 Å². The summed E-state index contributed by atoms with van der Waals surface area (Å²) < 4.78 is 0. The van der Waals surface area contributed by atoms with Crippen molar-refractivity contribution in [1.82, 2.24) is 0 Å². The molecule has 0 radical (unpaired) electrons. The van der Waals surface area contributed by atoms with Crippen LogP contribution >= 0.6 is 11.8 Å². The molecule has 0 unspecified atom stereocenters. The van der Waals surface area contributed by atoms with Gasteiger partial charge in [-0.15, -0.1) is 11.8 Å². The third kappa shape index (κ3) is 2.02. The summed E-state index contributed by atoms with van der Waals surface area (Å²) in [6, 6.07) is 7.14. The van der Waals surface area contributed by atoms with Crippen molar-refractivity contribution in [1.29, 1.82) is 0 Å². The Kier molecular flexibility index (Phi) is 3.38. The van der Waals surface area contributed by atoms with E-state index >= 15 is 0 Å². The van der Waals surface area contributed by atoms with E-state index in [-0.39, 0.29) is 11.5 Å². The molecule has 3 aliphatic carbocycles. The van der Waals surface area contributed by atoms with Crippen molar-refractivity contribution >= 4 is 11.8 Å². The molecule has 0 aliphatic heterocycles. The molecule has 114 valence electrons. The number of aliphatic hydroxyl groups excluding tert-OH is 1. The standard InChI is InChI=1S/C19H26OS/c1-19-10-9-15-14-6-4-13(21-2)11-12(14)3-5-16(15)17(19)7-8-18(19)20/h4,6,11,15-18,20H,3,5,7-10H2,1-2H3/t15-,16-,17+,18+,19+/m1/s1. The summed E-state index contributed by atoms with van der Waals surface area (Å²) >= 11 is 1.85. The first-order valence-electron chi connectivity index (χ1n) is 8.48. The number of aliphatic hydroxyl groups is 1. The number of hydrogen-bond donors (Lipinski definition) is 1. The van der Waals surface area contributed by atoms with Crippen LogP contribution in [0.5, 0.6) is 0 Å². The summed E-state index contributed by atoms with van der Waals surface area (Å²) in [6.45, 7) is 2.36. The molecule has 0 amide bonds. The van der Waals surface area contributed by atoms with Crippen LogP contribution in [0, 0.1) is 17.3 Å². The van der Waals surface area contributed by atoms with Crippen molar-refractivity contribution < 1.29 is 5.11 Å². The molecule has 1 aromatic rings. The summed E-state index contributed by atoms with van der Waals surface area (Å²) in [5.41, 5.74) is 3.44. The topological polar surface area (TPSA) is 20.2 Å². The van der Waals surface area contributed by atoms with E-state index in [1.807, 2.05) is 11.8 Å². The lowest BCUT2D eigenvalue weighted by Gasteiger charge is -2.50. The first-order chi connectivity index (χ1) is 10.1. The number of fused-ring (bicyclic) bond motifs is 5. The van der Waals surface area contributed by atoms with E-state index in [1.165, 1.54) is 37.0 Å². The Morgan fingerprint density at radius 1 is 1.19 bits per heavy atom. The molecule has 1 nitrogen and oxygen atoms in total. The normalized spacial score (nSPS) is 41.3. The Balaban J connectivity index is 1.68. The van der Waals surface area contributed by atoms with Gasteiger partial charge in [0.1, 0.15) is 0 Å². The van der Waals surface area contributed by atoms with Crippen molar-refractivity contribution in [3.8, 4) is 0 Å². The zero-order valence-electron chi connectivity index (χ0n) is 13.1. The van der Waals surface area contributed by atoms with Gasteiger partial charge >= 0.3 is 0 Å². The Hall–Kier alpha value is -0.470. The van der Waals surface area contributed by atoms with Crippen LogP contribution in [0.1, 0.15) is 56.1 Å². The average Bonchev–Trinajstić information content (AvgIpc) is 2.82. The van der Waals surface area contributed by atoms with Crippen LogP contribution in [0.2, 0.25) is 0 Å². The van der Waals surface area contributed by atoms with E-state index in [1.54, 1.807) is 11.1 Å². The van der Waals surface area contributed by atoms with Crippen LogP contribution in [0.3, 0.4) is 0 Å². The molecule has 3 aliphatic rings.